The molecule has 0 atom stereocenters. The highest BCUT2D eigenvalue weighted by molar-refractivity contribution is 5.96. The summed E-state index contributed by atoms with van der Waals surface area (Å²) in [4.78, 5) is 25.5. The summed E-state index contributed by atoms with van der Waals surface area (Å²) >= 11 is 0. The minimum absolute atomic E-state index is 0.00174. The molecular weight excluding hydrogens is 284 g/mol. The molecule has 3 rings (SSSR count). The number of hydrogen-bond acceptors (Lipinski definition) is 4. The molecule has 0 aliphatic carbocycles. The van der Waals surface area contributed by atoms with Crippen LogP contribution in [-0.4, -0.2) is 49.6 Å². The number of urea groups is 1. The summed E-state index contributed by atoms with van der Waals surface area (Å²) < 4.78 is 5.33. The fourth-order valence-electron chi connectivity index (χ4n) is 2.66. The Balaban J connectivity index is 1.56. The molecule has 1 fully saturated rings. The third kappa shape index (κ3) is 3.48. The number of ether oxygens (including phenoxy) is 1. The number of carbonyl (C=O) groups excluding carboxylic acids is 2. The predicted octanol–water partition coefficient (Wildman–Crippen LogP) is 1.23. The number of carbonyl (C=O) groups is 2. The number of anilines is 2. The zero-order valence-corrected chi connectivity index (χ0v) is 12.5. The van der Waals surface area contributed by atoms with Crippen molar-refractivity contribution in [2.24, 2.45) is 0 Å². The van der Waals surface area contributed by atoms with Crippen molar-refractivity contribution in [1.82, 2.24) is 10.2 Å². The number of likely N-dealkylation sites (tertiary alicyclic amines) is 1. The van der Waals surface area contributed by atoms with E-state index in [2.05, 4.69) is 27.9 Å². The molecule has 1 aromatic carbocycles. The number of rotatable bonds is 2. The van der Waals surface area contributed by atoms with Crippen LogP contribution in [0, 0.1) is 0 Å². The van der Waals surface area contributed by atoms with Gasteiger partial charge in [-0.25, -0.2) is 4.79 Å². The van der Waals surface area contributed by atoms with Gasteiger partial charge in [0.15, 0.2) is 6.61 Å². The summed E-state index contributed by atoms with van der Waals surface area (Å²) in [5.74, 6) is 0.393. The lowest BCUT2D eigenvalue weighted by Crippen LogP contribution is -2.44. The first kappa shape index (κ1) is 14.6. The molecule has 2 aliphatic rings. The van der Waals surface area contributed by atoms with E-state index < -0.39 is 0 Å². The topological polar surface area (TPSA) is 82.7 Å². The second-order valence-corrected chi connectivity index (χ2v) is 5.72. The van der Waals surface area contributed by atoms with Gasteiger partial charge in [0, 0.05) is 17.8 Å². The first-order chi connectivity index (χ1) is 10.6. The van der Waals surface area contributed by atoms with Crippen molar-refractivity contribution in [3.63, 3.8) is 0 Å². The van der Waals surface area contributed by atoms with E-state index in [0.717, 1.165) is 25.9 Å². The van der Waals surface area contributed by atoms with Crippen LogP contribution in [-0.2, 0) is 4.79 Å². The average molecular weight is 304 g/mol. The van der Waals surface area contributed by atoms with Gasteiger partial charge in [0.2, 0.25) is 0 Å². The third-order valence-electron chi connectivity index (χ3n) is 3.93. The summed E-state index contributed by atoms with van der Waals surface area (Å²) in [6, 6.07) is 5.17. The lowest BCUT2D eigenvalue weighted by atomic mass is 10.1. The normalized spacial score (nSPS) is 18.9. The van der Waals surface area contributed by atoms with E-state index in [9.17, 15) is 9.59 Å². The number of piperidine rings is 1. The molecule has 0 radical (unpaired) electrons. The van der Waals surface area contributed by atoms with Gasteiger partial charge in [-0.15, -0.1) is 0 Å². The minimum atomic E-state index is -0.214. The molecular formula is C15H20N4O3. The van der Waals surface area contributed by atoms with Gasteiger partial charge in [-0.1, -0.05) is 0 Å². The summed E-state index contributed by atoms with van der Waals surface area (Å²) in [6.07, 6.45) is 1.92. The van der Waals surface area contributed by atoms with Gasteiger partial charge in [-0.3, -0.25) is 4.79 Å². The quantitative estimate of drug-likeness (QED) is 0.767. The number of fused-ring (bicyclic) bond motifs is 1. The number of benzene rings is 1. The lowest BCUT2D eigenvalue weighted by molar-refractivity contribution is -0.118. The van der Waals surface area contributed by atoms with Crippen LogP contribution in [0.25, 0.3) is 0 Å². The number of nitrogens with zero attached hydrogens (tertiary/aromatic N) is 1. The van der Waals surface area contributed by atoms with Crippen molar-refractivity contribution >= 4 is 23.3 Å². The summed E-state index contributed by atoms with van der Waals surface area (Å²) in [5, 5.41) is 8.51. The molecule has 0 spiro atoms. The monoisotopic (exact) mass is 304 g/mol. The third-order valence-corrected chi connectivity index (χ3v) is 3.93. The van der Waals surface area contributed by atoms with Crippen molar-refractivity contribution in [1.29, 1.82) is 0 Å². The van der Waals surface area contributed by atoms with Gasteiger partial charge in [0.05, 0.1) is 5.69 Å². The van der Waals surface area contributed by atoms with Crippen LogP contribution in [0.4, 0.5) is 16.2 Å². The minimum Gasteiger partial charge on any atom is -0.482 e. The van der Waals surface area contributed by atoms with Crippen LogP contribution in [0.1, 0.15) is 12.8 Å². The van der Waals surface area contributed by atoms with Crippen molar-refractivity contribution in [3.8, 4) is 5.75 Å². The summed E-state index contributed by atoms with van der Waals surface area (Å²) in [7, 11) is 2.09. The van der Waals surface area contributed by atoms with E-state index in [1.165, 1.54) is 0 Å². The van der Waals surface area contributed by atoms with Gasteiger partial charge >= 0.3 is 6.03 Å². The van der Waals surface area contributed by atoms with Gasteiger partial charge in [-0.05, 0) is 45.1 Å². The van der Waals surface area contributed by atoms with Crippen molar-refractivity contribution in [3.05, 3.63) is 18.2 Å². The van der Waals surface area contributed by atoms with E-state index in [-0.39, 0.29) is 24.6 Å². The molecule has 0 aromatic heterocycles. The SMILES string of the molecule is CN1CCC(NC(=O)Nc2ccc3c(c2)OCC(=O)N3)CC1. The van der Waals surface area contributed by atoms with Crippen LogP contribution in [0.5, 0.6) is 5.75 Å². The second-order valence-electron chi connectivity index (χ2n) is 5.72. The molecule has 22 heavy (non-hydrogen) atoms. The highest BCUT2D eigenvalue weighted by Crippen LogP contribution is 2.30. The van der Waals surface area contributed by atoms with Gasteiger partial charge in [0.1, 0.15) is 5.75 Å². The van der Waals surface area contributed by atoms with E-state index in [4.69, 9.17) is 4.74 Å². The average Bonchev–Trinajstić information content (AvgIpc) is 2.50. The van der Waals surface area contributed by atoms with Crippen LogP contribution < -0.4 is 20.7 Å². The van der Waals surface area contributed by atoms with Crippen LogP contribution in [0.3, 0.4) is 0 Å². The maximum atomic E-state index is 12.0. The van der Waals surface area contributed by atoms with Crippen LogP contribution >= 0.6 is 0 Å². The van der Waals surface area contributed by atoms with E-state index in [1.807, 2.05) is 0 Å². The first-order valence-corrected chi connectivity index (χ1v) is 7.43. The predicted molar refractivity (Wildman–Crippen MR) is 83.2 cm³/mol. The fourth-order valence-corrected chi connectivity index (χ4v) is 2.66. The molecule has 0 bridgehead atoms. The highest BCUT2D eigenvalue weighted by atomic mass is 16.5. The smallest absolute Gasteiger partial charge is 0.319 e. The molecule has 7 heteroatoms. The molecule has 2 heterocycles. The molecule has 2 aliphatic heterocycles. The molecule has 3 amide bonds. The largest absolute Gasteiger partial charge is 0.482 e. The van der Waals surface area contributed by atoms with E-state index in [1.54, 1.807) is 18.2 Å². The van der Waals surface area contributed by atoms with Crippen molar-refractivity contribution < 1.29 is 14.3 Å². The molecule has 0 unspecified atom stereocenters. The molecule has 7 nitrogen and oxygen atoms in total. The number of amides is 3. The van der Waals surface area contributed by atoms with E-state index >= 15 is 0 Å². The Hall–Kier alpha value is -2.28. The molecule has 1 saturated heterocycles. The van der Waals surface area contributed by atoms with Gasteiger partial charge in [0.25, 0.3) is 5.91 Å². The Morgan fingerprint density at radius 2 is 2.14 bits per heavy atom. The summed E-state index contributed by atoms with van der Waals surface area (Å²) in [5.41, 5.74) is 1.26. The standard InChI is InChI=1S/C15H20N4O3/c1-19-6-4-10(5-7-19)16-15(21)17-11-2-3-12-13(8-11)22-9-14(20)18-12/h2-3,8,10H,4-7,9H2,1H3,(H,18,20)(H2,16,17,21). The van der Waals surface area contributed by atoms with Crippen molar-refractivity contribution in [2.75, 3.05) is 37.4 Å². The van der Waals surface area contributed by atoms with Crippen LogP contribution in [0.2, 0.25) is 0 Å². The Kier molecular flexibility index (Phi) is 4.15. The van der Waals surface area contributed by atoms with Gasteiger partial charge < -0.3 is 25.6 Å². The maximum Gasteiger partial charge on any atom is 0.319 e. The Labute approximate surface area is 129 Å². The number of hydrogen-bond donors (Lipinski definition) is 3. The lowest BCUT2D eigenvalue weighted by Gasteiger charge is -2.29. The first-order valence-electron chi connectivity index (χ1n) is 7.43. The Bertz CT molecular complexity index is 582. The Morgan fingerprint density at radius 3 is 2.91 bits per heavy atom. The van der Waals surface area contributed by atoms with Crippen molar-refractivity contribution in [2.45, 2.75) is 18.9 Å². The maximum absolute atomic E-state index is 12.0. The van der Waals surface area contributed by atoms with Crippen LogP contribution in [0.15, 0.2) is 18.2 Å². The highest BCUT2D eigenvalue weighted by Gasteiger charge is 2.19. The molecule has 0 saturated carbocycles. The zero-order valence-electron chi connectivity index (χ0n) is 12.5. The van der Waals surface area contributed by atoms with Gasteiger partial charge in [-0.2, -0.15) is 0 Å². The molecule has 118 valence electrons. The Morgan fingerprint density at radius 1 is 1.36 bits per heavy atom. The second kappa shape index (κ2) is 6.23. The fraction of sp³-hybridized carbons (Fsp3) is 0.467. The molecule has 3 N–H and O–H groups in total. The summed E-state index contributed by atoms with van der Waals surface area (Å²) in [6.45, 7) is 1.99. The van der Waals surface area contributed by atoms with E-state index in [0.29, 0.717) is 17.1 Å². The zero-order chi connectivity index (χ0) is 15.5. The number of nitrogens with one attached hydrogen (secondary N) is 3. The molecule has 1 aromatic rings.